The molecule has 2 fully saturated rings. The molecule has 0 aliphatic carbocycles. The maximum Gasteiger partial charge on any atom is 0.465 e. The van der Waals surface area contributed by atoms with Crippen molar-refractivity contribution in [2.24, 2.45) is 5.10 Å². The second-order valence-electron chi connectivity index (χ2n) is 4.53. The van der Waals surface area contributed by atoms with Crippen molar-refractivity contribution in [1.29, 1.82) is 0 Å². The van der Waals surface area contributed by atoms with Crippen LogP contribution in [0.2, 0.25) is 0 Å². The van der Waals surface area contributed by atoms with E-state index in [0.717, 1.165) is 0 Å². The lowest BCUT2D eigenvalue weighted by Crippen LogP contribution is -2.61. The van der Waals surface area contributed by atoms with E-state index in [0.29, 0.717) is 52.6 Å². The molecule has 3 rings (SSSR count). The molecule has 8 heteroatoms. The molecule has 8 nitrogen and oxygen atoms in total. The first-order chi connectivity index (χ1) is 8.73. The summed E-state index contributed by atoms with van der Waals surface area (Å²) >= 11 is 0. The molecule has 2 amide bonds. The van der Waals surface area contributed by atoms with Crippen molar-refractivity contribution in [3.05, 3.63) is 0 Å². The van der Waals surface area contributed by atoms with E-state index in [-0.39, 0.29) is 10.6 Å². The zero-order valence-corrected chi connectivity index (χ0v) is 10.1. The van der Waals surface area contributed by atoms with E-state index in [9.17, 15) is 9.90 Å². The van der Waals surface area contributed by atoms with Gasteiger partial charge in [-0.15, -0.1) is 4.59 Å². The summed E-state index contributed by atoms with van der Waals surface area (Å²) in [5.74, 6) is 0. The topological polar surface area (TPSA) is 77.4 Å². The molecule has 100 valence electrons. The minimum absolute atomic E-state index is 0.143. The monoisotopic (exact) mass is 256 g/mol. The van der Waals surface area contributed by atoms with Crippen LogP contribution in [0, 0.1) is 0 Å². The third-order valence-electron chi connectivity index (χ3n) is 3.48. The molecule has 0 aromatic carbocycles. The van der Waals surface area contributed by atoms with Crippen molar-refractivity contribution in [3.63, 3.8) is 0 Å². The Bertz CT molecular complexity index is 374. The molecule has 0 bridgehead atoms. The first-order valence-electron chi connectivity index (χ1n) is 6.12. The van der Waals surface area contributed by atoms with Gasteiger partial charge in [0.15, 0.2) is 0 Å². The number of quaternary nitrogens is 1. The SMILES string of the molecule is O=C1N(N2CCOCC2)C([O-])=N[N+]12CCOCC2. The highest BCUT2D eigenvalue weighted by Crippen LogP contribution is 2.24. The molecule has 3 heterocycles. The summed E-state index contributed by atoms with van der Waals surface area (Å²) in [6.45, 7) is 3.93. The van der Waals surface area contributed by atoms with Crippen LogP contribution in [0.15, 0.2) is 5.10 Å². The van der Waals surface area contributed by atoms with Gasteiger partial charge in [0.1, 0.15) is 19.1 Å². The number of carbonyl (C=O) groups excluding carboxylic acids is 1. The van der Waals surface area contributed by atoms with E-state index in [4.69, 9.17) is 9.47 Å². The quantitative estimate of drug-likeness (QED) is 0.515. The average molecular weight is 256 g/mol. The number of urea groups is 1. The minimum atomic E-state index is -0.469. The van der Waals surface area contributed by atoms with Crippen molar-refractivity contribution in [1.82, 2.24) is 10.0 Å². The van der Waals surface area contributed by atoms with Crippen LogP contribution in [0.1, 0.15) is 0 Å². The van der Waals surface area contributed by atoms with Gasteiger partial charge in [-0.3, -0.25) is 0 Å². The van der Waals surface area contributed by atoms with Crippen molar-refractivity contribution < 1.29 is 24.0 Å². The smallest absolute Gasteiger partial charge is 0.465 e. The van der Waals surface area contributed by atoms with Crippen molar-refractivity contribution >= 4 is 12.1 Å². The molecule has 3 aliphatic rings. The maximum absolute atomic E-state index is 12.4. The lowest BCUT2D eigenvalue weighted by atomic mass is 10.4. The lowest BCUT2D eigenvalue weighted by Gasteiger charge is -2.36. The Hall–Kier alpha value is -1.22. The summed E-state index contributed by atoms with van der Waals surface area (Å²) in [5.41, 5.74) is 0. The molecule has 2 saturated heterocycles. The number of amidine groups is 1. The summed E-state index contributed by atoms with van der Waals surface area (Å²) in [6.07, 6.45) is 0. The molecule has 3 aliphatic heterocycles. The third kappa shape index (κ3) is 1.77. The Morgan fingerprint density at radius 2 is 1.72 bits per heavy atom. The summed E-state index contributed by atoms with van der Waals surface area (Å²) < 4.78 is 10.3. The predicted molar refractivity (Wildman–Crippen MR) is 57.9 cm³/mol. The predicted octanol–water partition coefficient (Wildman–Crippen LogP) is -1.85. The van der Waals surface area contributed by atoms with Crippen LogP contribution < -0.4 is 5.11 Å². The highest BCUT2D eigenvalue weighted by Gasteiger charge is 2.50. The molecule has 0 saturated carbocycles. The standard InChI is InChI=1S/C10H16N4O4/c15-9-11-14(3-7-18-8-4-14)10(16)13(9)12-1-5-17-6-2-12/h1-8H2. The largest absolute Gasteiger partial charge is 0.841 e. The lowest BCUT2D eigenvalue weighted by molar-refractivity contribution is -0.864. The van der Waals surface area contributed by atoms with Gasteiger partial charge in [-0.1, -0.05) is 5.10 Å². The molecule has 0 radical (unpaired) electrons. The van der Waals surface area contributed by atoms with Crippen molar-refractivity contribution in [2.75, 3.05) is 52.6 Å². The van der Waals surface area contributed by atoms with Gasteiger partial charge in [0, 0.05) is 13.1 Å². The number of nitrogens with zero attached hydrogens (tertiary/aromatic N) is 4. The zero-order valence-electron chi connectivity index (χ0n) is 10.1. The summed E-state index contributed by atoms with van der Waals surface area (Å²) in [6, 6.07) is -0.728. The first-order valence-corrected chi connectivity index (χ1v) is 6.12. The van der Waals surface area contributed by atoms with Gasteiger partial charge in [-0.05, 0) is 0 Å². The van der Waals surface area contributed by atoms with Gasteiger partial charge in [0.05, 0.1) is 26.4 Å². The van der Waals surface area contributed by atoms with Gasteiger partial charge in [0.25, 0.3) is 0 Å². The second-order valence-corrected chi connectivity index (χ2v) is 4.53. The van der Waals surface area contributed by atoms with E-state index < -0.39 is 6.02 Å². The molecule has 0 aromatic rings. The maximum atomic E-state index is 12.4. The molecule has 0 unspecified atom stereocenters. The number of rotatable bonds is 1. The summed E-state index contributed by atoms with van der Waals surface area (Å²) in [4.78, 5) is 12.4. The summed E-state index contributed by atoms with van der Waals surface area (Å²) in [5, 5.41) is 18.9. The van der Waals surface area contributed by atoms with Crippen LogP contribution in [0.5, 0.6) is 0 Å². The summed E-state index contributed by atoms with van der Waals surface area (Å²) in [7, 11) is 0. The normalized spacial score (nSPS) is 28.8. The minimum Gasteiger partial charge on any atom is -0.841 e. The fraction of sp³-hybridized carbons (Fsp3) is 0.800. The van der Waals surface area contributed by atoms with Crippen LogP contribution in [-0.4, -0.2) is 79.3 Å². The average Bonchev–Trinajstić information content (AvgIpc) is 2.63. The van der Waals surface area contributed by atoms with Crippen LogP contribution in [0.4, 0.5) is 4.79 Å². The number of morpholine rings is 2. The Morgan fingerprint density at radius 3 is 2.39 bits per heavy atom. The highest BCUT2D eigenvalue weighted by molar-refractivity contribution is 5.90. The van der Waals surface area contributed by atoms with Crippen LogP contribution in [-0.2, 0) is 9.47 Å². The van der Waals surface area contributed by atoms with E-state index in [1.54, 1.807) is 5.01 Å². The molecular formula is C10H16N4O4. The van der Waals surface area contributed by atoms with E-state index in [1.165, 1.54) is 5.01 Å². The second kappa shape index (κ2) is 4.47. The molecule has 0 atom stereocenters. The van der Waals surface area contributed by atoms with Crippen molar-refractivity contribution in [3.8, 4) is 0 Å². The van der Waals surface area contributed by atoms with Crippen molar-refractivity contribution in [2.45, 2.75) is 0 Å². The molecule has 0 N–H and O–H groups in total. The van der Waals surface area contributed by atoms with E-state index >= 15 is 0 Å². The van der Waals surface area contributed by atoms with Gasteiger partial charge >= 0.3 is 6.03 Å². The molecule has 0 aromatic heterocycles. The fourth-order valence-electron chi connectivity index (χ4n) is 2.44. The number of hydrazine groups is 1. The Kier molecular flexibility index (Phi) is 2.94. The Morgan fingerprint density at radius 1 is 1.11 bits per heavy atom. The number of amides is 2. The number of carbonyl (C=O) groups is 1. The molecule has 18 heavy (non-hydrogen) atoms. The number of ether oxygens (including phenoxy) is 2. The zero-order chi connectivity index (χ0) is 12.6. The van der Waals surface area contributed by atoms with Gasteiger partial charge < -0.3 is 14.6 Å². The third-order valence-corrected chi connectivity index (χ3v) is 3.48. The Labute approximate surface area is 105 Å². The van der Waals surface area contributed by atoms with Crippen LogP contribution in [0.3, 0.4) is 0 Å². The fourth-order valence-corrected chi connectivity index (χ4v) is 2.44. The van der Waals surface area contributed by atoms with Crippen LogP contribution >= 0.6 is 0 Å². The molecule has 1 spiro atoms. The van der Waals surface area contributed by atoms with E-state index in [1.807, 2.05) is 0 Å². The number of hydrogen-bond donors (Lipinski definition) is 0. The van der Waals surface area contributed by atoms with Crippen LogP contribution in [0.25, 0.3) is 0 Å². The van der Waals surface area contributed by atoms with Gasteiger partial charge in [-0.25, -0.2) is 9.80 Å². The van der Waals surface area contributed by atoms with E-state index in [2.05, 4.69) is 5.10 Å². The van der Waals surface area contributed by atoms with Gasteiger partial charge in [0.2, 0.25) is 0 Å². The van der Waals surface area contributed by atoms with Gasteiger partial charge in [-0.2, -0.15) is 5.01 Å². The Balaban J connectivity index is 1.81. The highest BCUT2D eigenvalue weighted by atomic mass is 16.5. The first kappa shape index (κ1) is 11.8. The molecular weight excluding hydrogens is 240 g/mol. The number of hydrogen-bond acceptors (Lipinski definition) is 6.